The molecular formula is C28H35N2O4+. The average molecular weight is 464 g/mol. The first-order valence-electron chi connectivity index (χ1n) is 12.2. The van der Waals surface area contributed by atoms with Crippen molar-refractivity contribution >= 4 is 5.97 Å². The van der Waals surface area contributed by atoms with Crippen LogP contribution in [0.15, 0.2) is 71.3 Å². The zero-order valence-corrected chi connectivity index (χ0v) is 20.2. The molecule has 1 aliphatic rings. The quantitative estimate of drug-likeness (QED) is 0.360. The Balaban J connectivity index is 1.44. The largest absolute Gasteiger partial charge is 0.456 e. The zero-order valence-electron chi connectivity index (χ0n) is 20.2. The van der Waals surface area contributed by atoms with Gasteiger partial charge in [-0.25, -0.2) is 9.78 Å². The van der Waals surface area contributed by atoms with Gasteiger partial charge in [0.15, 0.2) is 11.4 Å². The minimum absolute atomic E-state index is 0.0787. The van der Waals surface area contributed by atoms with Crippen LogP contribution in [0.5, 0.6) is 0 Å². The zero-order chi connectivity index (χ0) is 24.0. The van der Waals surface area contributed by atoms with E-state index in [0.717, 1.165) is 31.2 Å². The number of esters is 1. The monoisotopic (exact) mass is 463 g/mol. The number of hydrogen-bond acceptors (Lipinski definition) is 5. The Labute approximate surface area is 201 Å². The van der Waals surface area contributed by atoms with Crippen molar-refractivity contribution in [2.75, 3.05) is 27.2 Å². The topological polar surface area (TPSA) is 72.6 Å². The summed E-state index contributed by atoms with van der Waals surface area (Å²) in [4.78, 5) is 16.8. The van der Waals surface area contributed by atoms with Crippen LogP contribution in [0.2, 0.25) is 0 Å². The van der Waals surface area contributed by atoms with Crippen molar-refractivity contribution in [3.05, 3.63) is 89.6 Å². The Kier molecular flexibility index (Phi) is 7.49. The summed E-state index contributed by atoms with van der Waals surface area (Å²) >= 11 is 0. The third-order valence-corrected chi connectivity index (χ3v) is 6.81. The predicted molar refractivity (Wildman–Crippen MR) is 130 cm³/mol. The third kappa shape index (κ3) is 5.57. The predicted octanol–water partition coefficient (Wildman–Crippen LogP) is 4.92. The van der Waals surface area contributed by atoms with E-state index in [1.165, 1.54) is 6.42 Å². The highest BCUT2D eigenvalue weighted by Crippen LogP contribution is 2.43. The average Bonchev–Trinajstić information content (AvgIpc) is 3.33. The van der Waals surface area contributed by atoms with Gasteiger partial charge in [-0.2, -0.15) is 0 Å². The van der Waals surface area contributed by atoms with Crippen molar-refractivity contribution in [1.29, 1.82) is 0 Å². The molecule has 1 atom stereocenters. The Hall–Kier alpha value is -2.96. The van der Waals surface area contributed by atoms with Gasteiger partial charge in [-0.05, 0) is 30.5 Å². The summed E-state index contributed by atoms with van der Waals surface area (Å²) in [5, 5.41) is 12.0. The van der Waals surface area contributed by atoms with Crippen LogP contribution in [0.4, 0.5) is 0 Å². The number of ether oxygens (including phenoxy) is 1. The molecule has 4 rings (SSSR count). The lowest BCUT2D eigenvalue weighted by atomic mass is 9.73. The van der Waals surface area contributed by atoms with Gasteiger partial charge in [-0.15, -0.1) is 0 Å². The van der Waals surface area contributed by atoms with Crippen LogP contribution in [0.25, 0.3) is 0 Å². The lowest BCUT2D eigenvalue weighted by molar-refractivity contribution is -0.904. The van der Waals surface area contributed by atoms with Crippen LogP contribution in [-0.2, 0) is 16.9 Å². The van der Waals surface area contributed by atoms with E-state index in [1.54, 1.807) is 18.3 Å². The number of rotatable bonds is 9. The number of quaternary nitrogens is 1. The molecule has 1 aromatic heterocycles. The molecule has 0 amide bonds. The van der Waals surface area contributed by atoms with Gasteiger partial charge in [0.25, 0.3) is 0 Å². The molecule has 6 heteroatoms. The van der Waals surface area contributed by atoms with Gasteiger partial charge in [0.2, 0.25) is 5.89 Å². The van der Waals surface area contributed by atoms with Gasteiger partial charge >= 0.3 is 5.97 Å². The number of carbonyl (C=O) groups excluding carboxylic acids is 1. The summed E-state index contributed by atoms with van der Waals surface area (Å²) in [5.41, 5.74) is 0.148. The molecule has 6 nitrogen and oxygen atoms in total. The molecule has 0 aliphatic heterocycles. The smallest absolute Gasteiger partial charge is 0.338 e. The maximum atomic E-state index is 12.2. The van der Waals surface area contributed by atoms with E-state index < -0.39 is 5.60 Å². The standard InChI is InChI=1S/C28H35N2O4/c1-30(2,18-19-33-26(31)22-12-6-3-7-13-22)21-25-20-29-27(34-25)28(32,23-14-8-4-9-15-23)24-16-10-5-11-17-24/h3-4,6-9,12-15,20,24,32H,5,10-11,16-19,21H2,1-2H3/q+1/t28-/m0/s1. The Morgan fingerprint density at radius 3 is 2.38 bits per heavy atom. The summed E-state index contributed by atoms with van der Waals surface area (Å²) in [5.74, 6) is 0.841. The van der Waals surface area contributed by atoms with E-state index in [2.05, 4.69) is 19.1 Å². The molecule has 1 fully saturated rings. The molecular weight excluding hydrogens is 428 g/mol. The molecule has 0 spiro atoms. The van der Waals surface area contributed by atoms with Crippen molar-refractivity contribution in [2.24, 2.45) is 5.92 Å². The maximum absolute atomic E-state index is 12.2. The highest BCUT2D eigenvalue weighted by Gasteiger charge is 2.44. The molecule has 0 unspecified atom stereocenters. The third-order valence-electron chi connectivity index (χ3n) is 6.81. The van der Waals surface area contributed by atoms with E-state index >= 15 is 0 Å². The van der Waals surface area contributed by atoms with Crippen molar-refractivity contribution in [3.8, 4) is 0 Å². The van der Waals surface area contributed by atoms with Crippen molar-refractivity contribution in [2.45, 2.75) is 44.2 Å². The van der Waals surface area contributed by atoms with Crippen LogP contribution in [0.3, 0.4) is 0 Å². The Morgan fingerprint density at radius 2 is 1.71 bits per heavy atom. The fourth-order valence-corrected chi connectivity index (χ4v) is 4.85. The van der Waals surface area contributed by atoms with Crippen molar-refractivity contribution in [1.82, 2.24) is 4.98 Å². The number of aromatic nitrogens is 1. The van der Waals surface area contributed by atoms with E-state index in [-0.39, 0.29) is 11.9 Å². The molecule has 180 valence electrons. The van der Waals surface area contributed by atoms with Gasteiger partial charge in [0.1, 0.15) is 19.7 Å². The SMILES string of the molecule is C[N+](C)(CCOC(=O)c1ccccc1)Cc1cnc([C@](O)(c2ccccc2)C2CCCCC2)o1. The van der Waals surface area contributed by atoms with Gasteiger partial charge in [-0.3, -0.25) is 0 Å². The summed E-state index contributed by atoms with van der Waals surface area (Å²) in [7, 11) is 4.12. The lowest BCUT2D eigenvalue weighted by Gasteiger charge is -2.36. The lowest BCUT2D eigenvalue weighted by Crippen LogP contribution is -2.41. The van der Waals surface area contributed by atoms with E-state index in [1.807, 2.05) is 48.5 Å². The van der Waals surface area contributed by atoms with Crippen LogP contribution >= 0.6 is 0 Å². The molecule has 0 radical (unpaired) electrons. The second-order valence-electron chi connectivity index (χ2n) is 9.92. The number of hydrogen-bond donors (Lipinski definition) is 1. The number of benzene rings is 2. The van der Waals surface area contributed by atoms with E-state index in [9.17, 15) is 9.90 Å². The van der Waals surface area contributed by atoms with Crippen molar-refractivity contribution in [3.63, 3.8) is 0 Å². The fraction of sp³-hybridized carbons (Fsp3) is 0.429. The molecule has 3 aromatic rings. The fourth-order valence-electron chi connectivity index (χ4n) is 4.85. The number of likely N-dealkylation sites (N-methyl/N-ethyl adjacent to an activating group) is 1. The first-order chi connectivity index (χ1) is 16.4. The second kappa shape index (κ2) is 10.5. The maximum Gasteiger partial charge on any atom is 0.338 e. The first kappa shape index (κ1) is 24.2. The molecule has 2 aromatic carbocycles. The molecule has 1 heterocycles. The van der Waals surface area contributed by atoms with Gasteiger partial charge < -0.3 is 18.7 Å². The van der Waals surface area contributed by atoms with Gasteiger partial charge in [0.05, 0.1) is 25.9 Å². The number of oxazole rings is 1. The van der Waals surface area contributed by atoms with Crippen LogP contribution in [-0.4, -0.2) is 47.8 Å². The van der Waals surface area contributed by atoms with Gasteiger partial charge in [0, 0.05) is 5.92 Å². The van der Waals surface area contributed by atoms with Gasteiger partial charge in [-0.1, -0.05) is 67.8 Å². The molecule has 34 heavy (non-hydrogen) atoms. The molecule has 1 N–H and O–H groups in total. The van der Waals surface area contributed by atoms with E-state index in [4.69, 9.17) is 9.15 Å². The second-order valence-corrected chi connectivity index (χ2v) is 9.92. The van der Waals surface area contributed by atoms with Crippen LogP contribution in [0, 0.1) is 5.92 Å². The Morgan fingerprint density at radius 1 is 1.06 bits per heavy atom. The minimum atomic E-state index is -1.23. The Bertz CT molecular complexity index is 1060. The highest BCUT2D eigenvalue weighted by molar-refractivity contribution is 5.89. The molecule has 0 saturated heterocycles. The first-order valence-corrected chi connectivity index (χ1v) is 12.2. The van der Waals surface area contributed by atoms with E-state index in [0.29, 0.717) is 41.4 Å². The number of aliphatic hydroxyl groups is 1. The normalized spacial score (nSPS) is 16.7. The minimum Gasteiger partial charge on any atom is -0.456 e. The summed E-state index contributed by atoms with van der Waals surface area (Å²) in [6.45, 7) is 1.50. The number of nitrogens with zero attached hydrogens (tertiary/aromatic N) is 2. The van der Waals surface area contributed by atoms with Crippen molar-refractivity contribution < 1.29 is 23.5 Å². The van der Waals surface area contributed by atoms with Crippen LogP contribution in [0.1, 0.15) is 59.7 Å². The molecule has 1 saturated carbocycles. The molecule has 0 bridgehead atoms. The summed E-state index contributed by atoms with van der Waals surface area (Å²) in [6.07, 6.45) is 7.06. The summed E-state index contributed by atoms with van der Waals surface area (Å²) < 4.78 is 12.2. The number of carbonyl (C=O) groups is 1. The highest BCUT2D eigenvalue weighted by atomic mass is 16.5. The molecule has 1 aliphatic carbocycles. The van der Waals surface area contributed by atoms with Crippen LogP contribution < -0.4 is 0 Å². The summed E-state index contributed by atoms with van der Waals surface area (Å²) in [6, 6.07) is 18.8.